The Morgan fingerprint density at radius 1 is 1.12 bits per heavy atom. The minimum atomic E-state index is -3.73. The summed E-state index contributed by atoms with van der Waals surface area (Å²) in [6.07, 6.45) is 0.405. The van der Waals surface area contributed by atoms with E-state index in [1.54, 1.807) is 36.0 Å². The van der Waals surface area contributed by atoms with Gasteiger partial charge >= 0.3 is 0 Å². The van der Waals surface area contributed by atoms with Gasteiger partial charge in [0.15, 0.2) is 0 Å². The summed E-state index contributed by atoms with van der Waals surface area (Å²) in [5.41, 5.74) is 3.18. The maximum Gasteiger partial charge on any atom is 0.261 e. The van der Waals surface area contributed by atoms with Crippen LogP contribution in [0.3, 0.4) is 0 Å². The average molecular weight is 377 g/mol. The third kappa shape index (κ3) is 3.99. The van der Waals surface area contributed by atoms with E-state index < -0.39 is 10.0 Å². The SMILES string of the molecule is Cc1ccc(NS(=O)(=O)c2ccc3c(c2)NC(=O)C[C@H](C)S3)cc1C. The smallest absolute Gasteiger partial charge is 0.261 e. The molecule has 1 atom stereocenters. The molecule has 0 fully saturated rings. The first-order valence-corrected chi connectivity index (χ1v) is 10.3. The summed E-state index contributed by atoms with van der Waals surface area (Å²) >= 11 is 1.56. The van der Waals surface area contributed by atoms with Crippen LogP contribution >= 0.6 is 11.8 Å². The van der Waals surface area contributed by atoms with Crippen LogP contribution in [-0.2, 0) is 14.8 Å². The molecule has 0 aliphatic carbocycles. The molecular weight excluding hydrogens is 356 g/mol. The summed E-state index contributed by atoms with van der Waals surface area (Å²) in [6.45, 7) is 5.89. The Kier molecular flexibility index (Phi) is 4.79. The molecule has 0 unspecified atom stereocenters. The molecule has 1 heterocycles. The second-order valence-electron chi connectivity index (χ2n) is 6.24. The Bertz CT molecular complexity index is 939. The molecule has 1 amide bonds. The number of sulfonamides is 1. The molecule has 7 heteroatoms. The van der Waals surface area contributed by atoms with Gasteiger partial charge in [0.25, 0.3) is 10.0 Å². The Hall–Kier alpha value is -1.99. The fourth-order valence-electron chi connectivity index (χ4n) is 2.62. The molecule has 0 spiro atoms. The zero-order valence-corrected chi connectivity index (χ0v) is 15.9. The minimum absolute atomic E-state index is 0.101. The maximum absolute atomic E-state index is 12.7. The Labute approximate surface area is 152 Å². The van der Waals surface area contributed by atoms with Gasteiger partial charge in [0, 0.05) is 22.3 Å². The summed E-state index contributed by atoms with van der Waals surface area (Å²) in [6, 6.07) is 10.2. The zero-order chi connectivity index (χ0) is 18.2. The summed E-state index contributed by atoms with van der Waals surface area (Å²) in [4.78, 5) is 12.9. The van der Waals surface area contributed by atoms with Crippen LogP contribution in [0.2, 0.25) is 0 Å². The minimum Gasteiger partial charge on any atom is -0.325 e. The lowest BCUT2D eigenvalue weighted by Crippen LogP contribution is -2.15. The van der Waals surface area contributed by atoms with Gasteiger partial charge in [-0.1, -0.05) is 13.0 Å². The summed E-state index contributed by atoms with van der Waals surface area (Å²) in [5, 5.41) is 2.94. The normalized spacial score (nSPS) is 17.4. The molecule has 2 aromatic carbocycles. The highest BCUT2D eigenvalue weighted by Gasteiger charge is 2.22. The second-order valence-corrected chi connectivity index (χ2v) is 9.41. The van der Waals surface area contributed by atoms with Crippen LogP contribution in [0.25, 0.3) is 0 Å². The zero-order valence-electron chi connectivity index (χ0n) is 14.3. The molecule has 2 aromatic rings. The van der Waals surface area contributed by atoms with Gasteiger partial charge in [-0.3, -0.25) is 9.52 Å². The molecule has 0 bridgehead atoms. The van der Waals surface area contributed by atoms with Gasteiger partial charge in [0.2, 0.25) is 5.91 Å². The van der Waals surface area contributed by atoms with Gasteiger partial charge in [-0.05, 0) is 55.3 Å². The first kappa shape index (κ1) is 17.8. The number of hydrogen-bond acceptors (Lipinski definition) is 4. The van der Waals surface area contributed by atoms with Gasteiger partial charge in [-0.25, -0.2) is 8.42 Å². The van der Waals surface area contributed by atoms with E-state index in [0.717, 1.165) is 16.0 Å². The Morgan fingerprint density at radius 3 is 2.60 bits per heavy atom. The van der Waals surface area contributed by atoms with Crippen LogP contribution in [0.1, 0.15) is 24.5 Å². The van der Waals surface area contributed by atoms with Crippen LogP contribution < -0.4 is 10.0 Å². The highest BCUT2D eigenvalue weighted by molar-refractivity contribution is 8.00. The van der Waals surface area contributed by atoms with Crippen molar-refractivity contribution in [2.75, 3.05) is 10.0 Å². The van der Waals surface area contributed by atoms with Gasteiger partial charge in [-0.15, -0.1) is 11.8 Å². The van der Waals surface area contributed by atoms with E-state index in [4.69, 9.17) is 0 Å². The fourth-order valence-corrected chi connectivity index (χ4v) is 4.74. The van der Waals surface area contributed by atoms with Gasteiger partial charge < -0.3 is 5.32 Å². The topological polar surface area (TPSA) is 75.3 Å². The number of rotatable bonds is 3. The van der Waals surface area contributed by atoms with E-state index in [2.05, 4.69) is 10.0 Å². The van der Waals surface area contributed by atoms with Crippen molar-refractivity contribution >= 4 is 39.1 Å². The Morgan fingerprint density at radius 2 is 1.88 bits per heavy atom. The molecule has 0 saturated carbocycles. The lowest BCUT2D eigenvalue weighted by atomic mass is 10.1. The van der Waals surface area contributed by atoms with Crippen molar-refractivity contribution in [1.82, 2.24) is 0 Å². The van der Waals surface area contributed by atoms with E-state index >= 15 is 0 Å². The fraction of sp³-hybridized carbons (Fsp3) is 0.278. The van der Waals surface area contributed by atoms with Gasteiger partial charge in [0.1, 0.15) is 0 Å². The van der Waals surface area contributed by atoms with Crippen LogP contribution in [-0.4, -0.2) is 19.6 Å². The van der Waals surface area contributed by atoms with Crippen LogP contribution in [0, 0.1) is 13.8 Å². The number of amides is 1. The summed E-state index contributed by atoms with van der Waals surface area (Å²) in [7, 11) is -3.73. The summed E-state index contributed by atoms with van der Waals surface area (Å²) in [5.74, 6) is -0.101. The predicted octanol–water partition coefficient (Wildman–Crippen LogP) is 3.93. The number of hydrogen-bond donors (Lipinski definition) is 2. The number of anilines is 2. The molecule has 0 aromatic heterocycles. The van der Waals surface area contributed by atoms with Crippen molar-refractivity contribution in [1.29, 1.82) is 0 Å². The van der Waals surface area contributed by atoms with E-state index in [1.165, 1.54) is 6.07 Å². The van der Waals surface area contributed by atoms with Gasteiger partial charge in [-0.2, -0.15) is 0 Å². The van der Waals surface area contributed by atoms with E-state index in [-0.39, 0.29) is 16.1 Å². The molecule has 3 rings (SSSR count). The molecule has 2 N–H and O–H groups in total. The second kappa shape index (κ2) is 6.72. The molecule has 1 aliphatic rings. The number of aryl methyl sites for hydroxylation is 2. The first-order valence-electron chi connectivity index (χ1n) is 7.95. The van der Waals surface area contributed by atoms with Crippen molar-refractivity contribution in [2.45, 2.75) is 42.2 Å². The molecule has 1 aliphatic heterocycles. The lowest BCUT2D eigenvalue weighted by molar-refractivity contribution is -0.116. The third-order valence-corrected chi connectivity index (χ3v) is 6.65. The lowest BCUT2D eigenvalue weighted by Gasteiger charge is -2.12. The first-order chi connectivity index (χ1) is 11.7. The number of carbonyl (C=O) groups excluding carboxylic acids is 1. The highest BCUT2D eigenvalue weighted by atomic mass is 32.2. The standard InChI is InChI=1S/C18H20N2O3S2/c1-11-4-5-14(8-12(11)2)20-25(22,23)15-6-7-17-16(10-15)19-18(21)9-13(3)24-17/h4-8,10,13,20H,9H2,1-3H3,(H,19,21)/t13-/m0/s1. The molecule has 5 nitrogen and oxygen atoms in total. The number of nitrogens with one attached hydrogen (secondary N) is 2. The number of benzene rings is 2. The predicted molar refractivity (Wildman–Crippen MR) is 102 cm³/mol. The molecule has 25 heavy (non-hydrogen) atoms. The monoisotopic (exact) mass is 376 g/mol. The van der Waals surface area contributed by atoms with Crippen LogP contribution in [0.15, 0.2) is 46.2 Å². The molecule has 0 saturated heterocycles. The van der Waals surface area contributed by atoms with Crippen molar-refractivity contribution in [3.63, 3.8) is 0 Å². The van der Waals surface area contributed by atoms with Crippen molar-refractivity contribution in [3.8, 4) is 0 Å². The largest absolute Gasteiger partial charge is 0.325 e. The summed E-state index contributed by atoms with van der Waals surface area (Å²) < 4.78 is 28.0. The van der Waals surface area contributed by atoms with E-state index in [1.807, 2.05) is 26.8 Å². The highest BCUT2D eigenvalue weighted by Crippen LogP contribution is 2.36. The van der Waals surface area contributed by atoms with E-state index in [0.29, 0.717) is 17.8 Å². The van der Waals surface area contributed by atoms with E-state index in [9.17, 15) is 13.2 Å². The maximum atomic E-state index is 12.7. The quantitative estimate of drug-likeness (QED) is 0.851. The number of thioether (sulfide) groups is 1. The number of fused-ring (bicyclic) bond motifs is 1. The van der Waals surface area contributed by atoms with Crippen molar-refractivity contribution in [2.24, 2.45) is 0 Å². The Balaban J connectivity index is 1.92. The van der Waals surface area contributed by atoms with Crippen LogP contribution in [0.4, 0.5) is 11.4 Å². The van der Waals surface area contributed by atoms with Gasteiger partial charge in [0.05, 0.1) is 10.6 Å². The number of carbonyl (C=O) groups is 1. The average Bonchev–Trinajstić information content (AvgIpc) is 2.66. The van der Waals surface area contributed by atoms with Crippen molar-refractivity contribution in [3.05, 3.63) is 47.5 Å². The van der Waals surface area contributed by atoms with Crippen LogP contribution in [0.5, 0.6) is 0 Å². The molecule has 132 valence electrons. The van der Waals surface area contributed by atoms with Crippen molar-refractivity contribution < 1.29 is 13.2 Å². The molecular formula is C18H20N2O3S2. The molecule has 0 radical (unpaired) electrons. The third-order valence-electron chi connectivity index (χ3n) is 4.10.